The summed E-state index contributed by atoms with van der Waals surface area (Å²) in [5.74, 6) is -0.0719. The lowest BCUT2D eigenvalue weighted by atomic mass is 10.2. The van der Waals surface area contributed by atoms with Gasteiger partial charge in [-0.3, -0.25) is 4.79 Å². The van der Waals surface area contributed by atoms with E-state index in [1.807, 2.05) is 30.3 Å². The molecule has 1 heterocycles. The molecular formula is C13H16N2O2. The van der Waals surface area contributed by atoms with Crippen molar-refractivity contribution in [2.24, 2.45) is 0 Å². The number of H-pyrrole nitrogens is 1. The third kappa shape index (κ3) is 2.85. The van der Waals surface area contributed by atoms with E-state index in [1.165, 1.54) is 0 Å². The van der Waals surface area contributed by atoms with E-state index in [2.05, 4.69) is 10.3 Å². The molecular weight excluding hydrogens is 216 g/mol. The molecule has 0 aliphatic rings. The van der Waals surface area contributed by atoms with Gasteiger partial charge in [0, 0.05) is 31.2 Å². The Balaban J connectivity index is 1.99. The van der Waals surface area contributed by atoms with Crippen LogP contribution in [-0.4, -0.2) is 31.2 Å². The van der Waals surface area contributed by atoms with Gasteiger partial charge < -0.3 is 15.0 Å². The summed E-state index contributed by atoms with van der Waals surface area (Å²) in [4.78, 5) is 14.9. The fraction of sp³-hybridized carbons (Fsp3) is 0.308. The molecule has 4 nitrogen and oxygen atoms in total. The fourth-order valence-corrected chi connectivity index (χ4v) is 1.71. The van der Waals surface area contributed by atoms with Crippen LogP contribution in [0.25, 0.3) is 10.9 Å². The third-order valence-corrected chi connectivity index (χ3v) is 2.59. The van der Waals surface area contributed by atoms with E-state index in [0.29, 0.717) is 18.8 Å². The molecule has 4 heteroatoms. The van der Waals surface area contributed by atoms with Gasteiger partial charge in [0.2, 0.25) is 0 Å². The number of benzene rings is 1. The summed E-state index contributed by atoms with van der Waals surface area (Å²) < 4.78 is 4.92. The second-order valence-corrected chi connectivity index (χ2v) is 3.87. The Bertz CT molecular complexity index is 472. The van der Waals surface area contributed by atoms with Crippen molar-refractivity contribution >= 4 is 16.8 Å². The molecule has 0 saturated carbocycles. The number of carbonyl (C=O) groups excluding carboxylic acids is 1. The van der Waals surface area contributed by atoms with Crippen LogP contribution in [0, 0.1) is 0 Å². The van der Waals surface area contributed by atoms with Gasteiger partial charge in [0.15, 0.2) is 0 Å². The van der Waals surface area contributed by atoms with Crippen molar-refractivity contribution in [1.29, 1.82) is 0 Å². The van der Waals surface area contributed by atoms with Crippen LogP contribution in [-0.2, 0) is 4.74 Å². The summed E-state index contributed by atoms with van der Waals surface area (Å²) >= 11 is 0. The largest absolute Gasteiger partial charge is 0.385 e. The third-order valence-electron chi connectivity index (χ3n) is 2.59. The first kappa shape index (κ1) is 11.7. The van der Waals surface area contributed by atoms with Crippen molar-refractivity contribution < 1.29 is 9.53 Å². The highest BCUT2D eigenvalue weighted by Gasteiger charge is 2.07. The molecule has 1 aromatic heterocycles. The molecule has 0 aliphatic carbocycles. The number of hydrogen-bond acceptors (Lipinski definition) is 2. The van der Waals surface area contributed by atoms with Gasteiger partial charge >= 0.3 is 0 Å². The van der Waals surface area contributed by atoms with Crippen LogP contribution >= 0.6 is 0 Å². The Morgan fingerprint density at radius 3 is 3.00 bits per heavy atom. The summed E-state index contributed by atoms with van der Waals surface area (Å²) in [5.41, 5.74) is 1.58. The maximum absolute atomic E-state index is 11.8. The van der Waals surface area contributed by atoms with Crippen molar-refractivity contribution in [3.05, 3.63) is 36.0 Å². The molecule has 1 aromatic carbocycles. The number of ether oxygens (including phenoxy) is 1. The molecule has 2 rings (SSSR count). The maximum Gasteiger partial charge on any atom is 0.267 e. The number of aromatic amines is 1. The number of fused-ring (bicyclic) bond motifs is 1. The average molecular weight is 232 g/mol. The van der Waals surface area contributed by atoms with E-state index in [4.69, 9.17) is 4.74 Å². The lowest BCUT2D eigenvalue weighted by molar-refractivity contribution is 0.0944. The van der Waals surface area contributed by atoms with E-state index >= 15 is 0 Å². The quantitative estimate of drug-likeness (QED) is 0.774. The van der Waals surface area contributed by atoms with Crippen molar-refractivity contribution in [3.63, 3.8) is 0 Å². The number of amides is 1. The molecule has 1 amide bonds. The number of nitrogens with one attached hydrogen (secondary N) is 2. The van der Waals surface area contributed by atoms with Gasteiger partial charge in [0.1, 0.15) is 5.69 Å². The predicted octanol–water partition coefficient (Wildman–Crippen LogP) is 1.93. The van der Waals surface area contributed by atoms with Crippen molar-refractivity contribution in [2.75, 3.05) is 20.3 Å². The van der Waals surface area contributed by atoms with Gasteiger partial charge in [0.25, 0.3) is 5.91 Å². The minimum atomic E-state index is -0.0719. The Hall–Kier alpha value is -1.81. The van der Waals surface area contributed by atoms with E-state index in [0.717, 1.165) is 17.3 Å². The monoisotopic (exact) mass is 232 g/mol. The number of rotatable bonds is 5. The molecule has 2 N–H and O–H groups in total. The second-order valence-electron chi connectivity index (χ2n) is 3.87. The van der Waals surface area contributed by atoms with Gasteiger partial charge in [0.05, 0.1) is 0 Å². The van der Waals surface area contributed by atoms with Gasteiger partial charge in [-0.15, -0.1) is 0 Å². The fourth-order valence-electron chi connectivity index (χ4n) is 1.71. The smallest absolute Gasteiger partial charge is 0.267 e. The first-order valence-electron chi connectivity index (χ1n) is 5.66. The van der Waals surface area contributed by atoms with Gasteiger partial charge in [-0.25, -0.2) is 0 Å². The summed E-state index contributed by atoms with van der Waals surface area (Å²) in [6.45, 7) is 1.29. The average Bonchev–Trinajstić information content (AvgIpc) is 2.78. The van der Waals surface area contributed by atoms with Crippen LogP contribution < -0.4 is 5.32 Å². The van der Waals surface area contributed by atoms with Crippen molar-refractivity contribution in [1.82, 2.24) is 10.3 Å². The Morgan fingerprint density at radius 1 is 1.41 bits per heavy atom. The summed E-state index contributed by atoms with van der Waals surface area (Å²) in [7, 11) is 1.65. The molecule has 2 aromatic rings. The second kappa shape index (κ2) is 5.50. The van der Waals surface area contributed by atoms with Crippen LogP contribution in [0.2, 0.25) is 0 Å². The lowest BCUT2D eigenvalue weighted by Crippen LogP contribution is -2.25. The van der Waals surface area contributed by atoms with Crippen LogP contribution in [0.5, 0.6) is 0 Å². The van der Waals surface area contributed by atoms with E-state index in [1.54, 1.807) is 7.11 Å². The predicted molar refractivity (Wildman–Crippen MR) is 67.1 cm³/mol. The number of para-hydroxylation sites is 1. The number of aromatic nitrogens is 1. The lowest BCUT2D eigenvalue weighted by Gasteiger charge is -2.02. The summed E-state index contributed by atoms with van der Waals surface area (Å²) in [6, 6.07) is 9.70. The highest BCUT2D eigenvalue weighted by Crippen LogP contribution is 2.14. The normalized spacial score (nSPS) is 10.6. The topological polar surface area (TPSA) is 54.1 Å². The molecule has 0 unspecified atom stereocenters. The maximum atomic E-state index is 11.8. The zero-order valence-electron chi connectivity index (χ0n) is 9.82. The van der Waals surface area contributed by atoms with E-state index in [9.17, 15) is 4.79 Å². The minimum Gasteiger partial charge on any atom is -0.385 e. The highest BCUT2D eigenvalue weighted by molar-refractivity contribution is 5.97. The molecule has 0 fully saturated rings. The molecule has 17 heavy (non-hydrogen) atoms. The van der Waals surface area contributed by atoms with E-state index < -0.39 is 0 Å². The first-order chi connectivity index (χ1) is 8.31. The molecule has 0 aliphatic heterocycles. The van der Waals surface area contributed by atoms with Crippen molar-refractivity contribution in [2.45, 2.75) is 6.42 Å². The van der Waals surface area contributed by atoms with Crippen LogP contribution in [0.1, 0.15) is 16.9 Å². The molecule has 90 valence electrons. The molecule has 0 saturated heterocycles. The van der Waals surface area contributed by atoms with Crippen molar-refractivity contribution in [3.8, 4) is 0 Å². The Kier molecular flexibility index (Phi) is 3.77. The Labute approximate surface area is 100.0 Å². The summed E-state index contributed by atoms with van der Waals surface area (Å²) in [5, 5.41) is 3.90. The van der Waals surface area contributed by atoms with Crippen LogP contribution in [0.4, 0.5) is 0 Å². The number of carbonyl (C=O) groups is 1. The molecule has 0 bridgehead atoms. The Morgan fingerprint density at radius 2 is 2.24 bits per heavy atom. The zero-order valence-corrected chi connectivity index (χ0v) is 9.82. The molecule has 0 spiro atoms. The SMILES string of the molecule is COCCCNC(=O)c1cc2ccccc2[nH]1. The minimum absolute atomic E-state index is 0.0719. The highest BCUT2D eigenvalue weighted by atomic mass is 16.5. The van der Waals surface area contributed by atoms with Crippen LogP contribution in [0.3, 0.4) is 0 Å². The van der Waals surface area contributed by atoms with Gasteiger partial charge in [-0.05, 0) is 18.6 Å². The van der Waals surface area contributed by atoms with E-state index in [-0.39, 0.29) is 5.91 Å². The zero-order chi connectivity index (χ0) is 12.1. The van der Waals surface area contributed by atoms with Gasteiger partial charge in [-0.2, -0.15) is 0 Å². The number of methoxy groups -OCH3 is 1. The first-order valence-corrected chi connectivity index (χ1v) is 5.66. The molecule has 0 atom stereocenters. The number of hydrogen-bond donors (Lipinski definition) is 2. The molecule has 0 radical (unpaired) electrons. The summed E-state index contributed by atoms with van der Waals surface area (Å²) in [6.07, 6.45) is 0.822. The standard InChI is InChI=1S/C13H16N2O2/c1-17-8-4-7-14-13(16)12-9-10-5-2-3-6-11(10)15-12/h2-3,5-6,9,15H,4,7-8H2,1H3,(H,14,16). The van der Waals surface area contributed by atoms with Gasteiger partial charge in [-0.1, -0.05) is 18.2 Å². The van der Waals surface area contributed by atoms with Crippen LogP contribution in [0.15, 0.2) is 30.3 Å².